The van der Waals surface area contributed by atoms with Gasteiger partial charge in [0.15, 0.2) is 0 Å². The van der Waals surface area contributed by atoms with E-state index in [1.165, 1.54) is 0 Å². The van der Waals surface area contributed by atoms with Crippen LogP contribution in [0.1, 0.15) is 41.8 Å². The minimum absolute atomic E-state index is 0.0265. The number of nitrogens with zero attached hydrogens (tertiary/aromatic N) is 1. The maximum atomic E-state index is 13.0. The molecule has 1 amide bonds. The molecular formula is C23H32N4O3S. The fourth-order valence-electron chi connectivity index (χ4n) is 3.57. The van der Waals surface area contributed by atoms with Gasteiger partial charge in [0.05, 0.1) is 10.5 Å². The number of aryl methyl sites for hydroxylation is 2. The van der Waals surface area contributed by atoms with Crippen molar-refractivity contribution in [2.24, 2.45) is 0 Å². The zero-order chi connectivity index (χ0) is 22.6. The average molecular weight is 445 g/mol. The molecule has 0 aromatic heterocycles. The van der Waals surface area contributed by atoms with Gasteiger partial charge in [0.1, 0.15) is 0 Å². The molecule has 7 nitrogen and oxygen atoms in total. The minimum atomic E-state index is -3.78. The summed E-state index contributed by atoms with van der Waals surface area (Å²) in [7, 11) is -3.78. The monoisotopic (exact) mass is 444 g/mol. The number of piperazine rings is 1. The highest BCUT2D eigenvalue weighted by molar-refractivity contribution is 7.92. The summed E-state index contributed by atoms with van der Waals surface area (Å²) in [6.07, 6.45) is 0.813. The van der Waals surface area contributed by atoms with Gasteiger partial charge < -0.3 is 15.5 Å². The quantitative estimate of drug-likeness (QED) is 0.611. The van der Waals surface area contributed by atoms with Crippen LogP contribution in [-0.4, -0.2) is 46.5 Å². The summed E-state index contributed by atoms with van der Waals surface area (Å²) >= 11 is 0. The van der Waals surface area contributed by atoms with Gasteiger partial charge >= 0.3 is 0 Å². The van der Waals surface area contributed by atoms with Gasteiger partial charge in [-0.05, 0) is 62.6 Å². The highest BCUT2D eigenvalue weighted by atomic mass is 32.2. The second-order valence-electron chi connectivity index (χ2n) is 8.13. The number of rotatable bonds is 7. The lowest BCUT2D eigenvalue weighted by atomic mass is 10.1. The lowest BCUT2D eigenvalue weighted by molar-refractivity contribution is 0.0939. The predicted octanol–water partition coefficient (Wildman–Crippen LogP) is 3.04. The summed E-state index contributed by atoms with van der Waals surface area (Å²) in [5, 5.41) is 6.32. The number of hydrogen-bond donors (Lipinski definition) is 3. The van der Waals surface area contributed by atoms with Gasteiger partial charge in [-0.1, -0.05) is 19.1 Å². The van der Waals surface area contributed by atoms with E-state index >= 15 is 0 Å². The van der Waals surface area contributed by atoms with Crippen molar-refractivity contribution in [2.45, 2.75) is 45.1 Å². The van der Waals surface area contributed by atoms with E-state index in [4.69, 9.17) is 0 Å². The molecular weight excluding hydrogens is 412 g/mol. The van der Waals surface area contributed by atoms with E-state index in [0.29, 0.717) is 16.8 Å². The maximum absolute atomic E-state index is 13.0. The zero-order valence-electron chi connectivity index (χ0n) is 18.7. The molecule has 0 saturated carbocycles. The molecule has 3 rings (SSSR count). The molecule has 1 atom stereocenters. The van der Waals surface area contributed by atoms with Crippen molar-refractivity contribution in [3.05, 3.63) is 53.1 Å². The fourth-order valence-corrected chi connectivity index (χ4v) is 4.95. The molecule has 31 heavy (non-hydrogen) atoms. The Labute approximate surface area is 185 Å². The third-order valence-electron chi connectivity index (χ3n) is 5.57. The number of hydrogen-bond acceptors (Lipinski definition) is 5. The van der Waals surface area contributed by atoms with Crippen LogP contribution in [0.15, 0.2) is 41.3 Å². The van der Waals surface area contributed by atoms with Crippen LogP contribution in [0.3, 0.4) is 0 Å². The number of nitrogens with one attached hydrogen (secondary N) is 3. The van der Waals surface area contributed by atoms with Crippen LogP contribution in [0.2, 0.25) is 0 Å². The second kappa shape index (κ2) is 9.70. The second-order valence-corrected chi connectivity index (χ2v) is 9.78. The summed E-state index contributed by atoms with van der Waals surface area (Å²) in [6, 6.07) is 10.5. The predicted molar refractivity (Wildman–Crippen MR) is 125 cm³/mol. The summed E-state index contributed by atoms with van der Waals surface area (Å²) in [4.78, 5) is 15.4. The van der Waals surface area contributed by atoms with Gasteiger partial charge in [-0.25, -0.2) is 8.42 Å². The van der Waals surface area contributed by atoms with Crippen LogP contribution in [0.25, 0.3) is 0 Å². The van der Waals surface area contributed by atoms with Crippen LogP contribution < -0.4 is 20.3 Å². The Balaban J connectivity index is 1.96. The summed E-state index contributed by atoms with van der Waals surface area (Å²) in [5.74, 6) is -0.198. The number of sulfonamides is 1. The van der Waals surface area contributed by atoms with Crippen molar-refractivity contribution in [3.8, 4) is 0 Å². The first-order chi connectivity index (χ1) is 14.7. The third kappa shape index (κ3) is 5.57. The number of carbonyl (C=O) groups excluding carboxylic acids is 1. The molecule has 2 aromatic rings. The van der Waals surface area contributed by atoms with Crippen LogP contribution in [0, 0.1) is 13.8 Å². The molecule has 1 aliphatic rings. The number of benzene rings is 2. The first-order valence-corrected chi connectivity index (χ1v) is 12.2. The molecule has 168 valence electrons. The van der Waals surface area contributed by atoms with E-state index in [1.54, 1.807) is 31.2 Å². The topological polar surface area (TPSA) is 90.5 Å². The molecule has 1 heterocycles. The molecule has 8 heteroatoms. The summed E-state index contributed by atoms with van der Waals surface area (Å²) in [5.41, 5.74) is 3.20. The molecule has 1 unspecified atom stereocenters. The SMILES string of the molecule is CCC(C)NC(=O)c1cc(NS(=O)(=O)c2cc(C)ccc2C)ccc1N1CCNCC1. The third-order valence-corrected chi connectivity index (χ3v) is 7.10. The van der Waals surface area contributed by atoms with Gasteiger partial charge in [-0.15, -0.1) is 0 Å². The Bertz CT molecular complexity index is 1050. The number of amides is 1. The number of anilines is 2. The van der Waals surface area contributed by atoms with Crippen molar-refractivity contribution in [2.75, 3.05) is 35.8 Å². The molecule has 0 bridgehead atoms. The first-order valence-electron chi connectivity index (χ1n) is 10.7. The van der Waals surface area contributed by atoms with Gasteiger partial charge in [-0.3, -0.25) is 9.52 Å². The Morgan fingerprint density at radius 3 is 2.52 bits per heavy atom. The Morgan fingerprint density at radius 1 is 1.13 bits per heavy atom. The van der Waals surface area contributed by atoms with E-state index in [-0.39, 0.29) is 16.8 Å². The lowest BCUT2D eigenvalue weighted by Gasteiger charge is -2.31. The Morgan fingerprint density at radius 2 is 1.84 bits per heavy atom. The molecule has 0 spiro atoms. The number of carbonyl (C=O) groups is 1. The van der Waals surface area contributed by atoms with Gasteiger partial charge in [0.25, 0.3) is 15.9 Å². The molecule has 1 fully saturated rings. The van der Waals surface area contributed by atoms with Gasteiger partial charge in [-0.2, -0.15) is 0 Å². The van der Waals surface area contributed by atoms with E-state index in [2.05, 4.69) is 20.3 Å². The minimum Gasteiger partial charge on any atom is -0.368 e. The van der Waals surface area contributed by atoms with Crippen LogP contribution >= 0.6 is 0 Å². The van der Waals surface area contributed by atoms with Crippen molar-refractivity contribution in [1.82, 2.24) is 10.6 Å². The summed E-state index contributed by atoms with van der Waals surface area (Å²) < 4.78 is 28.7. The maximum Gasteiger partial charge on any atom is 0.262 e. The lowest BCUT2D eigenvalue weighted by Crippen LogP contribution is -2.44. The average Bonchev–Trinajstić information content (AvgIpc) is 2.75. The van der Waals surface area contributed by atoms with Gasteiger partial charge in [0, 0.05) is 43.6 Å². The molecule has 0 radical (unpaired) electrons. The Kier molecular flexibility index (Phi) is 7.23. The molecule has 1 aliphatic heterocycles. The zero-order valence-corrected chi connectivity index (χ0v) is 19.5. The molecule has 2 aromatic carbocycles. The van der Waals surface area contributed by atoms with Gasteiger partial charge in [0.2, 0.25) is 0 Å². The smallest absolute Gasteiger partial charge is 0.262 e. The van der Waals surface area contributed by atoms with Crippen molar-refractivity contribution >= 4 is 27.3 Å². The summed E-state index contributed by atoms with van der Waals surface area (Å²) in [6.45, 7) is 10.9. The molecule has 0 aliphatic carbocycles. The highest BCUT2D eigenvalue weighted by Crippen LogP contribution is 2.27. The van der Waals surface area contributed by atoms with Crippen LogP contribution in [0.5, 0.6) is 0 Å². The fraction of sp³-hybridized carbons (Fsp3) is 0.435. The van der Waals surface area contributed by atoms with Crippen LogP contribution in [-0.2, 0) is 10.0 Å². The molecule has 1 saturated heterocycles. The van der Waals surface area contributed by atoms with Crippen molar-refractivity contribution in [3.63, 3.8) is 0 Å². The first kappa shape index (κ1) is 23.1. The normalized spacial score (nSPS) is 15.4. The van der Waals surface area contributed by atoms with Crippen LogP contribution in [0.4, 0.5) is 11.4 Å². The van der Waals surface area contributed by atoms with E-state index in [0.717, 1.165) is 43.9 Å². The van der Waals surface area contributed by atoms with E-state index < -0.39 is 10.0 Å². The highest BCUT2D eigenvalue weighted by Gasteiger charge is 2.22. The Hall–Kier alpha value is -2.58. The standard InChI is InChI=1S/C23H32N4O3S/c1-5-18(4)25-23(28)20-15-19(8-9-21(20)27-12-10-24-11-13-27)26-31(29,30)22-14-16(2)6-7-17(22)3/h6-9,14-15,18,24,26H,5,10-13H2,1-4H3,(H,25,28). The largest absolute Gasteiger partial charge is 0.368 e. The van der Waals surface area contributed by atoms with E-state index in [1.807, 2.05) is 32.9 Å². The van der Waals surface area contributed by atoms with Crippen molar-refractivity contribution in [1.29, 1.82) is 0 Å². The molecule has 3 N–H and O–H groups in total. The van der Waals surface area contributed by atoms with E-state index in [9.17, 15) is 13.2 Å². The van der Waals surface area contributed by atoms with Crippen molar-refractivity contribution < 1.29 is 13.2 Å².